The highest BCUT2D eigenvalue weighted by molar-refractivity contribution is 5.85. The van der Waals surface area contributed by atoms with E-state index in [0.717, 1.165) is 12.8 Å². The van der Waals surface area contributed by atoms with Crippen LogP contribution in [-0.4, -0.2) is 19.5 Å². The fourth-order valence-corrected chi connectivity index (χ4v) is 0.555. The SMILES string of the molecule is CNC(=O)CCCCN.Cl.Cl. The van der Waals surface area contributed by atoms with Gasteiger partial charge in [0.2, 0.25) is 5.91 Å². The van der Waals surface area contributed by atoms with Gasteiger partial charge in [-0.2, -0.15) is 0 Å². The Bertz CT molecular complexity index is 90.7. The van der Waals surface area contributed by atoms with Crippen LogP contribution in [0.1, 0.15) is 19.3 Å². The number of nitrogens with one attached hydrogen (secondary N) is 1. The van der Waals surface area contributed by atoms with Gasteiger partial charge in [0.1, 0.15) is 0 Å². The lowest BCUT2D eigenvalue weighted by atomic mass is 10.2. The van der Waals surface area contributed by atoms with Crippen molar-refractivity contribution >= 4 is 30.7 Å². The second-order valence-corrected chi connectivity index (χ2v) is 1.92. The zero-order valence-electron chi connectivity index (χ0n) is 6.63. The molecule has 0 bridgehead atoms. The van der Waals surface area contributed by atoms with Crippen LogP contribution in [0.3, 0.4) is 0 Å². The Morgan fingerprint density at radius 2 is 1.91 bits per heavy atom. The van der Waals surface area contributed by atoms with Crippen LogP contribution in [0.4, 0.5) is 0 Å². The molecule has 5 heteroatoms. The van der Waals surface area contributed by atoms with Gasteiger partial charge in [0.15, 0.2) is 0 Å². The molecule has 0 aliphatic carbocycles. The predicted molar refractivity (Wildman–Crippen MR) is 51.5 cm³/mol. The number of carbonyl (C=O) groups is 1. The summed E-state index contributed by atoms with van der Waals surface area (Å²) in [4.78, 5) is 10.5. The van der Waals surface area contributed by atoms with Gasteiger partial charge in [-0.15, -0.1) is 24.8 Å². The molecule has 0 aromatic rings. The molecule has 0 saturated carbocycles. The van der Waals surface area contributed by atoms with Crippen LogP contribution in [0, 0.1) is 0 Å². The summed E-state index contributed by atoms with van der Waals surface area (Å²) in [5.41, 5.74) is 5.22. The molecule has 0 aliphatic rings. The number of hydrogen-bond donors (Lipinski definition) is 2. The lowest BCUT2D eigenvalue weighted by molar-refractivity contribution is -0.120. The van der Waals surface area contributed by atoms with Crippen molar-refractivity contribution in [2.45, 2.75) is 19.3 Å². The number of unbranched alkanes of at least 4 members (excludes halogenated alkanes) is 1. The first-order valence-electron chi connectivity index (χ1n) is 3.22. The first kappa shape index (κ1) is 17.2. The summed E-state index contributed by atoms with van der Waals surface area (Å²) >= 11 is 0. The molecule has 0 aromatic carbocycles. The molecule has 0 unspecified atom stereocenters. The molecule has 0 aromatic heterocycles. The maximum Gasteiger partial charge on any atom is 0.219 e. The minimum Gasteiger partial charge on any atom is -0.359 e. The fraction of sp³-hybridized carbons (Fsp3) is 0.833. The van der Waals surface area contributed by atoms with E-state index in [1.165, 1.54) is 0 Å². The summed E-state index contributed by atoms with van der Waals surface area (Å²) in [6.07, 6.45) is 2.44. The second kappa shape index (κ2) is 12.7. The summed E-state index contributed by atoms with van der Waals surface area (Å²) in [5.74, 6) is 0.100. The number of halogens is 2. The molecule has 3 nitrogen and oxygen atoms in total. The molecule has 0 heterocycles. The molecule has 11 heavy (non-hydrogen) atoms. The van der Waals surface area contributed by atoms with Crippen molar-refractivity contribution in [1.29, 1.82) is 0 Å². The van der Waals surface area contributed by atoms with E-state index < -0.39 is 0 Å². The molecule has 0 spiro atoms. The number of carbonyl (C=O) groups excluding carboxylic acids is 1. The quantitative estimate of drug-likeness (QED) is 0.661. The van der Waals surface area contributed by atoms with Gasteiger partial charge in [-0.25, -0.2) is 0 Å². The molecule has 3 N–H and O–H groups in total. The molecule has 0 saturated heterocycles. The summed E-state index contributed by atoms with van der Waals surface area (Å²) in [6, 6.07) is 0. The van der Waals surface area contributed by atoms with Gasteiger partial charge in [-0.1, -0.05) is 0 Å². The van der Waals surface area contributed by atoms with Crippen molar-refractivity contribution in [1.82, 2.24) is 5.32 Å². The Kier molecular flexibility index (Phi) is 19.8. The van der Waals surface area contributed by atoms with Crippen molar-refractivity contribution in [3.63, 3.8) is 0 Å². The van der Waals surface area contributed by atoms with E-state index >= 15 is 0 Å². The Balaban J connectivity index is -0.000000320. The van der Waals surface area contributed by atoms with Crippen molar-refractivity contribution in [2.75, 3.05) is 13.6 Å². The van der Waals surface area contributed by atoms with Crippen molar-refractivity contribution in [3.8, 4) is 0 Å². The van der Waals surface area contributed by atoms with Gasteiger partial charge in [0, 0.05) is 13.5 Å². The predicted octanol–water partition coefficient (Wildman–Crippen LogP) is 0.705. The van der Waals surface area contributed by atoms with E-state index in [4.69, 9.17) is 5.73 Å². The normalized spacial score (nSPS) is 7.45. The van der Waals surface area contributed by atoms with Crippen LogP contribution < -0.4 is 11.1 Å². The lowest BCUT2D eigenvalue weighted by Crippen LogP contribution is -2.17. The summed E-state index contributed by atoms with van der Waals surface area (Å²) < 4.78 is 0. The largest absolute Gasteiger partial charge is 0.359 e. The lowest BCUT2D eigenvalue weighted by Gasteiger charge is -1.96. The molecular formula is C6H16Cl2N2O. The zero-order chi connectivity index (χ0) is 7.11. The minimum atomic E-state index is 0. The summed E-state index contributed by atoms with van der Waals surface area (Å²) in [7, 11) is 1.64. The maximum absolute atomic E-state index is 10.5. The number of nitrogens with two attached hydrogens (primary N) is 1. The topological polar surface area (TPSA) is 55.1 Å². The van der Waals surface area contributed by atoms with E-state index in [-0.39, 0.29) is 30.7 Å². The average Bonchev–Trinajstić information content (AvgIpc) is 1.89. The zero-order valence-corrected chi connectivity index (χ0v) is 8.26. The smallest absolute Gasteiger partial charge is 0.219 e. The maximum atomic E-state index is 10.5. The second-order valence-electron chi connectivity index (χ2n) is 1.92. The monoisotopic (exact) mass is 202 g/mol. The van der Waals surface area contributed by atoms with Gasteiger partial charge < -0.3 is 11.1 Å². The van der Waals surface area contributed by atoms with Crippen LogP contribution in [0.2, 0.25) is 0 Å². The number of rotatable bonds is 4. The van der Waals surface area contributed by atoms with Gasteiger partial charge in [0.05, 0.1) is 0 Å². The summed E-state index contributed by atoms with van der Waals surface area (Å²) in [5, 5.41) is 2.54. The average molecular weight is 203 g/mol. The third-order valence-corrected chi connectivity index (χ3v) is 1.14. The van der Waals surface area contributed by atoms with Crippen LogP contribution in [0.5, 0.6) is 0 Å². The Hall–Kier alpha value is 0.01000. The molecule has 0 rings (SSSR count). The van der Waals surface area contributed by atoms with Crippen molar-refractivity contribution in [2.24, 2.45) is 5.73 Å². The highest BCUT2D eigenvalue weighted by Crippen LogP contribution is 1.91. The molecule has 70 valence electrons. The van der Waals surface area contributed by atoms with Gasteiger partial charge in [0.25, 0.3) is 0 Å². The molecule has 1 amide bonds. The molecule has 0 radical (unpaired) electrons. The fourth-order valence-electron chi connectivity index (χ4n) is 0.555. The highest BCUT2D eigenvalue weighted by atomic mass is 35.5. The third kappa shape index (κ3) is 13.1. The Labute approximate surface area is 79.9 Å². The Morgan fingerprint density at radius 1 is 1.36 bits per heavy atom. The molecule has 0 atom stereocenters. The van der Waals surface area contributed by atoms with E-state index in [1.54, 1.807) is 7.05 Å². The van der Waals surface area contributed by atoms with Crippen molar-refractivity contribution in [3.05, 3.63) is 0 Å². The molecule has 0 aliphatic heterocycles. The van der Waals surface area contributed by atoms with Crippen LogP contribution in [0.25, 0.3) is 0 Å². The standard InChI is InChI=1S/C6H14N2O.2ClH/c1-8-6(9)4-2-3-5-7;;/h2-5,7H2,1H3,(H,8,9);2*1H. The van der Waals surface area contributed by atoms with E-state index in [2.05, 4.69) is 5.32 Å². The molecule has 0 fully saturated rings. The first-order chi connectivity index (χ1) is 4.31. The van der Waals surface area contributed by atoms with Crippen LogP contribution in [0.15, 0.2) is 0 Å². The third-order valence-electron chi connectivity index (χ3n) is 1.14. The van der Waals surface area contributed by atoms with Gasteiger partial charge in [-0.3, -0.25) is 4.79 Å². The highest BCUT2D eigenvalue weighted by Gasteiger charge is 1.94. The number of amides is 1. The number of hydrogen-bond acceptors (Lipinski definition) is 2. The van der Waals surface area contributed by atoms with Crippen LogP contribution >= 0.6 is 24.8 Å². The summed E-state index contributed by atoms with van der Waals surface area (Å²) in [6.45, 7) is 0.678. The van der Waals surface area contributed by atoms with Gasteiger partial charge >= 0.3 is 0 Å². The minimum absolute atomic E-state index is 0. The Morgan fingerprint density at radius 3 is 2.27 bits per heavy atom. The van der Waals surface area contributed by atoms with Crippen LogP contribution in [-0.2, 0) is 4.79 Å². The van der Waals surface area contributed by atoms with E-state index in [9.17, 15) is 4.79 Å². The molecular weight excluding hydrogens is 187 g/mol. The van der Waals surface area contributed by atoms with Crippen molar-refractivity contribution < 1.29 is 4.79 Å². The van der Waals surface area contributed by atoms with Gasteiger partial charge in [-0.05, 0) is 19.4 Å². The van der Waals surface area contributed by atoms with E-state index in [1.807, 2.05) is 0 Å². The first-order valence-corrected chi connectivity index (χ1v) is 3.22. The van der Waals surface area contributed by atoms with E-state index in [0.29, 0.717) is 13.0 Å².